The van der Waals surface area contributed by atoms with Gasteiger partial charge in [-0.25, -0.2) is 4.98 Å². The Morgan fingerprint density at radius 1 is 0.413 bits per heavy atom. The Morgan fingerprint density at radius 3 is 1.59 bits per heavy atom. The fourth-order valence-corrected chi connectivity index (χ4v) is 9.96. The summed E-state index contributed by atoms with van der Waals surface area (Å²) in [6.07, 6.45) is 0. The molecule has 3 heterocycles. The molecule has 0 spiro atoms. The van der Waals surface area contributed by atoms with Crippen molar-refractivity contribution >= 4 is 112 Å². The molecule has 3 aromatic heterocycles. The molecule has 216 valence electrons. The second-order valence-electron chi connectivity index (χ2n) is 11.6. The lowest BCUT2D eigenvalue weighted by Crippen LogP contribution is -2.09. The summed E-state index contributed by atoms with van der Waals surface area (Å²) in [4.78, 5) is 7.47. The predicted molar refractivity (Wildman–Crippen MR) is 203 cm³/mol. The van der Waals surface area contributed by atoms with Crippen LogP contribution in [0.3, 0.4) is 0 Å². The van der Waals surface area contributed by atoms with E-state index in [2.05, 4.69) is 150 Å². The molecule has 10 rings (SSSR count). The number of hydrogen-bond acceptors (Lipinski definition) is 5. The Balaban J connectivity index is 1.22. The quantitative estimate of drug-likeness (QED) is 0.190. The third-order valence-electron chi connectivity index (χ3n) is 8.87. The van der Waals surface area contributed by atoms with Crippen molar-refractivity contribution in [3.8, 4) is 10.6 Å². The van der Waals surface area contributed by atoms with Crippen molar-refractivity contribution in [2.45, 2.75) is 0 Å². The van der Waals surface area contributed by atoms with Gasteiger partial charge < -0.3 is 4.90 Å². The Hall–Kier alpha value is -5.07. The third-order valence-corrected chi connectivity index (χ3v) is 12.3. The van der Waals surface area contributed by atoms with Crippen LogP contribution < -0.4 is 4.90 Å². The Kier molecular flexibility index (Phi) is 5.82. The number of thiazole rings is 1. The van der Waals surface area contributed by atoms with E-state index in [1.54, 1.807) is 11.3 Å². The maximum atomic E-state index is 5.05. The van der Waals surface area contributed by atoms with Crippen LogP contribution >= 0.6 is 34.0 Å². The lowest BCUT2D eigenvalue weighted by molar-refractivity contribution is 1.30. The summed E-state index contributed by atoms with van der Waals surface area (Å²) in [5.41, 5.74) is 5.62. The van der Waals surface area contributed by atoms with Crippen LogP contribution in [0.25, 0.3) is 71.9 Å². The molecular formula is C41H24N2S3. The van der Waals surface area contributed by atoms with E-state index in [4.69, 9.17) is 4.98 Å². The smallest absolute Gasteiger partial charge is 0.124 e. The minimum Gasteiger partial charge on any atom is -0.310 e. The van der Waals surface area contributed by atoms with Crippen LogP contribution in [0.4, 0.5) is 17.1 Å². The second-order valence-corrected chi connectivity index (χ2v) is 14.8. The van der Waals surface area contributed by atoms with Gasteiger partial charge in [-0.05, 0) is 72.1 Å². The average Bonchev–Trinajstić information content (AvgIpc) is 3.82. The highest BCUT2D eigenvalue weighted by Crippen LogP contribution is 2.44. The second kappa shape index (κ2) is 10.2. The number of thiophene rings is 2. The topological polar surface area (TPSA) is 16.1 Å². The SMILES string of the molecule is c1ccc(-c2nc3ccc4ccc(N(c5ccc6sc7ccccc7c6c5)c5ccc6sc7ccccc7c6c5)cc4c3s2)cc1. The van der Waals surface area contributed by atoms with Crippen molar-refractivity contribution in [2.24, 2.45) is 0 Å². The van der Waals surface area contributed by atoms with Crippen LogP contribution in [0.15, 0.2) is 146 Å². The summed E-state index contributed by atoms with van der Waals surface area (Å²) in [5, 5.41) is 8.70. The number of nitrogens with zero attached hydrogens (tertiary/aromatic N) is 2. The molecule has 0 N–H and O–H groups in total. The van der Waals surface area contributed by atoms with E-state index < -0.39 is 0 Å². The number of hydrogen-bond donors (Lipinski definition) is 0. The average molecular weight is 641 g/mol. The van der Waals surface area contributed by atoms with E-state index >= 15 is 0 Å². The maximum absolute atomic E-state index is 5.05. The van der Waals surface area contributed by atoms with Gasteiger partial charge in [-0.1, -0.05) is 78.9 Å². The van der Waals surface area contributed by atoms with Gasteiger partial charge in [0.25, 0.3) is 0 Å². The van der Waals surface area contributed by atoms with Crippen LogP contribution in [0.5, 0.6) is 0 Å². The molecule has 0 fully saturated rings. The van der Waals surface area contributed by atoms with Crippen LogP contribution in [-0.4, -0.2) is 4.98 Å². The number of anilines is 3. The molecule has 0 radical (unpaired) electrons. The van der Waals surface area contributed by atoms with Crippen LogP contribution in [0.2, 0.25) is 0 Å². The minimum atomic E-state index is 1.04. The molecule has 0 aliphatic rings. The fourth-order valence-electron chi connectivity index (χ4n) is 6.69. The van der Waals surface area contributed by atoms with E-state index in [0.29, 0.717) is 0 Å². The van der Waals surface area contributed by atoms with Gasteiger partial charge in [0.05, 0.1) is 10.2 Å². The maximum Gasteiger partial charge on any atom is 0.124 e. The molecular weight excluding hydrogens is 617 g/mol. The molecule has 0 bridgehead atoms. The molecule has 0 amide bonds. The lowest BCUT2D eigenvalue weighted by atomic mass is 10.1. The lowest BCUT2D eigenvalue weighted by Gasteiger charge is -2.26. The standard InChI is InChI=1S/C41H24N2S3/c1-2-8-26(9-3-1)41-42-35-19-15-25-14-16-27(22-32(25)40(35)46-41)43(28-17-20-38-33(23-28)30-10-4-6-12-36(30)44-38)29-18-21-39-34(24-29)31-11-5-7-13-37(31)45-39/h1-24H. The van der Waals surface area contributed by atoms with Crippen molar-refractivity contribution in [2.75, 3.05) is 4.90 Å². The molecule has 46 heavy (non-hydrogen) atoms. The van der Waals surface area contributed by atoms with Crippen molar-refractivity contribution in [1.82, 2.24) is 4.98 Å². The molecule has 7 aromatic carbocycles. The van der Waals surface area contributed by atoms with Gasteiger partial charge in [0, 0.05) is 68.4 Å². The highest BCUT2D eigenvalue weighted by atomic mass is 32.1. The number of aromatic nitrogens is 1. The van der Waals surface area contributed by atoms with Crippen LogP contribution in [0.1, 0.15) is 0 Å². The summed E-state index contributed by atoms with van der Waals surface area (Å²) >= 11 is 5.49. The fraction of sp³-hybridized carbons (Fsp3) is 0. The van der Waals surface area contributed by atoms with Crippen molar-refractivity contribution in [3.05, 3.63) is 146 Å². The monoisotopic (exact) mass is 640 g/mol. The summed E-state index contributed by atoms with van der Waals surface area (Å²) in [6, 6.07) is 53.1. The van der Waals surface area contributed by atoms with Gasteiger partial charge in [0.1, 0.15) is 5.01 Å². The van der Waals surface area contributed by atoms with Gasteiger partial charge in [-0.2, -0.15) is 0 Å². The predicted octanol–water partition coefficient (Wildman–Crippen LogP) is 13.3. The van der Waals surface area contributed by atoms with Gasteiger partial charge in [-0.3, -0.25) is 0 Å². The van der Waals surface area contributed by atoms with Crippen molar-refractivity contribution < 1.29 is 0 Å². The zero-order valence-electron chi connectivity index (χ0n) is 24.5. The van der Waals surface area contributed by atoms with Gasteiger partial charge in [0.15, 0.2) is 0 Å². The minimum absolute atomic E-state index is 1.04. The first-order chi connectivity index (χ1) is 22.8. The molecule has 10 aromatic rings. The summed E-state index contributed by atoms with van der Waals surface area (Å²) < 4.78 is 6.47. The van der Waals surface area contributed by atoms with E-state index in [1.165, 1.54) is 55.8 Å². The summed E-state index contributed by atoms with van der Waals surface area (Å²) in [7, 11) is 0. The number of benzene rings is 7. The zero-order chi connectivity index (χ0) is 30.2. The molecule has 0 saturated heterocycles. The molecule has 0 saturated carbocycles. The van der Waals surface area contributed by atoms with Crippen molar-refractivity contribution in [3.63, 3.8) is 0 Å². The molecule has 0 unspecified atom stereocenters. The summed E-state index contributed by atoms with van der Waals surface area (Å²) in [6.45, 7) is 0. The van der Waals surface area contributed by atoms with Gasteiger partial charge in [0.2, 0.25) is 0 Å². The van der Waals surface area contributed by atoms with Gasteiger partial charge in [-0.15, -0.1) is 34.0 Å². The van der Waals surface area contributed by atoms with E-state index in [1.807, 2.05) is 22.7 Å². The number of fused-ring (bicyclic) bond motifs is 9. The van der Waals surface area contributed by atoms with Crippen LogP contribution in [0, 0.1) is 0 Å². The molecule has 0 aliphatic heterocycles. The highest BCUT2D eigenvalue weighted by molar-refractivity contribution is 7.26. The van der Waals surface area contributed by atoms with Crippen LogP contribution in [-0.2, 0) is 0 Å². The van der Waals surface area contributed by atoms with Gasteiger partial charge >= 0.3 is 0 Å². The van der Waals surface area contributed by atoms with Crippen molar-refractivity contribution in [1.29, 1.82) is 0 Å². The third kappa shape index (κ3) is 4.10. The van der Waals surface area contributed by atoms with E-state index in [9.17, 15) is 0 Å². The molecule has 0 aliphatic carbocycles. The van der Waals surface area contributed by atoms with E-state index in [0.717, 1.165) is 33.1 Å². The molecule has 0 atom stereocenters. The number of rotatable bonds is 4. The first-order valence-electron chi connectivity index (χ1n) is 15.3. The molecule has 2 nitrogen and oxygen atoms in total. The molecule has 5 heteroatoms. The Morgan fingerprint density at radius 2 is 0.935 bits per heavy atom. The zero-order valence-corrected chi connectivity index (χ0v) is 26.9. The van der Waals surface area contributed by atoms with E-state index in [-0.39, 0.29) is 0 Å². The normalized spacial score (nSPS) is 11.9. The Bertz CT molecular complexity index is 2660. The highest BCUT2D eigenvalue weighted by Gasteiger charge is 2.18. The first-order valence-corrected chi connectivity index (χ1v) is 17.7. The Labute approximate surface area is 277 Å². The first kappa shape index (κ1) is 26.2. The largest absolute Gasteiger partial charge is 0.310 e. The summed E-state index contributed by atoms with van der Waals surface area (Å²) in [5.74, 6) is 0.